The molecule has 4 nitrogen and oxygen atoms in total. The molecule has 5 heteroatoms. The van der Waals surface area contributed by atoms with Gasteiger partial charge in [-0.15, -0.1) is 11.3 Å². The van der Waals surface area contributed by atoms with Crippen LogP contribution in [-0.2, 0) is 0 Å². The van der Waals surface area contributed by atoms with E-state index < -0.39 is 0 Å². The van der Waals surface area contributed by atoms with Crippen LogP contribution in [0.15, 0.2) is 158 Å². The topological polar surface area (TPSA) is 43.6 Å². The molecule has 0 aliphatic rings. The first kappa shape index (κ1) is 27.5. The molecule has 11 rings (SSSR count). The van der Waals surface area contributed by atoms with Gasteiger partial charge in [-0.3, -0.25) is 4.98 Å². The van der Waals surface area contributed by atoms with Crippen molar-refractivity contribution in [2.45, 2.75) is 0 Å². The summed E-state index contributed by atoms with van der Waals surface area (Å²) in [6.45, 7) is 0. The summed E-state index contributed by atoms with van der Waals surface area (Å²) >= 11 is 1.90. The van der Waals surface area contributed by atoms with E-state index in [1.165, 1.54) is 58.1 Å². The molecule has 0 spiro atoms. The van der Waals surface area contributed by atoms with Crippen molar-refractivity contribution in [3.05, 3.63) is 158 Å². The highest BCUT2D eigenvalue weighted by Crippen LogP contribution is 2.48. The minimum Gasteiger partial charge on any atom is -0.309 e. The number of pyridine rings is 1. The first-order chi connectivity index (χ1) is 24.8. The third-order valence-corrected chi connectivity index (χ3v) is 11.2. The number of fused-ring (bicyclic) bond motifs is 12. The standard InChI is InChI=1S/C45H26N4S/c1-2-13-30-27(11-1)12-9-18-32(30)41-42-36(19-10-26-46-42)47-45(48-41)28-22-24-29(25-23-28)49-37-20-7-5-16-34(37)40-43(49)33-15-4-3-14-31(33)39-35-17-6-8-21-38(35)50-44(39)40/h1-26H. The first-order valence-corrected chi connectivity index (χ1v) is 17.6. The molecular weight excluding hydrogens is 629 g/mol. The Morgan fingerprint density at radius 3 is 2.12 bits per heavy atom. The maximum absolute atomic E-state index is 5.20. The molecule has 0 saturated heterocycles. The maximum atomic E-state index is 5.20. The van der Waals surface area contributed by atoms with Crippen LogP contribution >= 0.6 is 11.3 Å². The SMILES string of the molecule is c1ccc2c(-c3nc(-c4ccc(-n5c6ccccc6c6c7sc8ccccc8c7c7ccccc7c65)cc4)nc4cccnc34)cccc2c1. The molecule has 0 amide bonds. The van der Waals surface area contributed by atoms with Gasteiger partial charge in [-0.05, 0) is 64.7 Å². The Morgan fingerprint density at radius 1 is 0.520 bits per heavy atom. The van der Waals surface area contributed by atoms with Crippen molar-refractivity contribution in [2.24, 2.45) is 0 Å². The molecule has 0 atom stereocenters. The number of aromatic nitrogens is 4. The Bertz CT molecular complexity index is 3150. The molecule has 232 valence electrons. The molecule has 0 unspecified atom stereocenters. The Balaban J connectivity index is 1.15. The zero-order valence-corrected chi connectivity index (χ0v) is 27.5. The summed E-state index contributed by atoms with van der Waals surface area (Å²) in [7, 11) is 0. The Morgan fingerprint density at radius 2 is 1.24 bits per heavy atom. The summed E-state index contributed by atoms with van der Waals surface area (Å²) in [5.41, 5.74) is 8.00. The molecule has 0 aliphatic heterocycles. The van der Waals surface area contributed by atoms with E-state index >= 15 is 0 Å². The van der Waals surface area contributed by atoms with Gasteiger partial charge in [0.2, 0.25) is 0 Å². The minimum absolute atomic E-state index is 0.680. The molecule has 50 heavy (non-hydrogen) atoms. The third-order valence-electron chi connectivity index (χ3n) is 10.0. The van der Waals surface area contributed by atoms with Crippen molar-refractivity contribution in [1.29, 1.82) is 0 Å². The monoisotopic (exact) mass is 654 g/mol. The van der Waals surface area contributed by atoms with E-state index in [-0.39, 0.29) is 0 Å². The quantitative estimate of drug-likeness (QED) is 0.190. The summed E-state index contributed by atoms with van der Waals surface area (Å²) in [5.74, 6) is 0.680. The molecule has 0 saturated carbocycles. The van der Waals surface area contributed by atoms with Crippen LogP contribution in [0.4, 0.5) is 0 Å². The van der Waals surface area contributed by atoms with Crippen LogP contribution in [0.3, 0.4) is 0 Å². The normalized spacial score (nSPS) is 12.0. The van der Waals surface area contributed by atoms with Gasteiger partial charge in [-0.1, -0.05) is 103 Å². The van der Waals surface area contributed by atoms with E-state index in [2.05, 4.69) is 144 Å². The van der Waals surface area contributed by atoms with E-state index in [9.17, 15) is 0 Å². The van der Waals surface area contributed by atoms with Crippen molar-refractivity contribution in [2.75, 3.05) is 0 Å². The van der Waals surface area contributed by atoms with E-state index in [0.29, 0.717) is 5.82 Å². The lowest BCUT2D eigenvalue weighted by Gasteiger charge is -2.13. The molecule has 0 aliphatic carbocycles. The van der Waals surface area contributed by atoms with Crippen LogP contribution in [0.5, 0.6) is 0 Å². The summed E-state index contributed by atoms with van der Waals surface area (Å²) < 4.78 is 5.09. The van der Waals surface area contributed by atoms with E-state index in [1.807, 2.05) is 29.7 Å². The fourth-order valence-electron chi connectivity index (χ4n) is 7.87. The van der Waals surface area contributed by atoms with Gasteiger partial charge in [0, 0.05) is 59.3 Å². The molecule has 7 aromatic carbocycles. The third kappa shape index (κ3) is 3.89. The Labute approximate surface area is 290 Å². The van der Waals surface area contributed by atoms with Gasteiger partial charge in [-0.2, -0.15) is 0 Å². The number of benzene rings is 7. The van der Waals surface area contributed by atoms with Crippen LogP contribution in [0.2, 0.25) is 0 Å². The molecular formula is C45H26N4S. The van der Waals surface area contributed by atoms with Gasteiger partial charge in [-0.25, -0.2) is 9.97 Å². The highest BCUT2D eigenvalue weighted by atomic mass is 32.1. The van der Waals surface area contributed by atoms with Gasteiger partial charge < -0.3 is 4.57 Å². The van der Waals surface area contributed by atoms with E-state index in [4.69, 9.17) is 15.0 Å². The number of nitrogens with zero attached hydrogens (tertiary/aromatic N) is 4. The van der Waals surface area contributed by atoms with Crippen LogP contribution in [0.1, 0.15) is 0 Å². The van der Waals surface area contributed by atoms with Gasteiger partial charge in [0.1, 0.15) is 11.2 Å². The fourth-order valence-corrected chi connectivity index (χ4v) is 9.14. The number of rotatable bonds is 3. The summed E-state index contributed by atoms with van der Waals surface area (Å²) in [6.07, 6.45) is 1.82. The Kier molecular flexibility index (Phi) is 5.80. The van der Waals surface area contributed by atoms with Crippen LogP contribution in [-0.4, -0.2) is 19.5 Å². The second-order valence-electron chi connectivity index (χ2n) is 12.8. The summed E-state index contributed by atoms with van der Waals surface area (Å²) in [5, 5.41) is 10.1. The van der Waals surface area contributed by atoms with Crippen molar-refractivity contribution in [3.8, 4) is 28.3 Å². The van der Waals surface area contributed by atoms with Crippen molar-refractivity contribution in [3.63, 3.8) is 0 Å². The van der Waals surface area contributed by atoms with E-state index in [1.54, 1.807) is 0 Å². The molecule has 11 aromatic rings. The molecule has 0 N–H and O–H groups in total. The average molecular weight is 655 g/mol. The molecule has 0 radical (unpaired) electrons. The molecule has 4 heterocycles. The molecule has 4 aromatic heterocycles. The second-order valence-corrected chi connectivity index (χ2v) is 13.8. The number of para-hydroxylation sites is 1. The highest BCUT2D eigenvalue weighted by molar-refractivity contribution is 7.27. The van der Waals surface area contributed by atoms with Gasteiger partial charge >= 0.3 is 0 Å². The van der Waals surface area contributed by atoms with Gasteiger partial charge in [0.25, 0.3) is 0 Å². The summed E-state index contributed by atoms with van der Waals surface area (Å²) in [4.78, 5) is 15.0. The van der Waals surface area contributed by atoms with Crippen molar-refractivity contribution >= 4 is 85.9 Å². The van der Waals surface area contributed by atoms with Crippen molar-refractivity contribution in [1.82, 2.24) is 19.5 Å². The second kappa shape index (κ2) is 10.5. The number of hydrogen-bond acceptors (Lipinski definition) is 4. The minimum atomic E-state index is 0.680. The first-order valence-electron chi connectivity index (χ1n) is 16.8. The number of thiophene rings is 1. The zero-order valence-electron chi connectivity index (χ0n) is 26.7. The lowest BCUT2D eigenvalue weighted by molar-refractivity contribution is 1.18. The largest absolute Gasteiger partial charge is 0.309 e. The Hall–Kier alpha value is -6.43. The highest BCUT2D eigenvalue weighted by Gasteiger charge is 2.22. The smallest absolute Gasteiger partial charge is 0.160 e. The predicted molar refractivity (Wildman–Crippen MR) is 210 cm³/mol. The summed E-state index contributed by atoms with van der Waals surface area (Å²) in [6, 6.07) is 54.0. The predicted octanol–water partition coefficient (Wildman–Crippen LogP) is 12.1. The van der Waals surface area contributed by atoms with Crippen LogP contribution < -0.4 is 0 Å². The van der Waals surface area contributed by atoms with Crippen molar-refractivity contribution < 1.29 is 0 Å². The van der Waals surface area contributed by atoms with Gasteiger partial charge in [0.05, 0.1) is 16.6 Å². The lowest BCUT2D eigenvalue weighted by atomic mass is 9.99. The van der Waals surface area contributed by atoms with E-state index in [0.717, 1.165) is 38.9 Å². The average Bonchev–Trinajstić information content (AvgIpc) is 3.74. The van der Waals surface area contributed by atoms with Crippen LogP contribution in [0, 0.1) is 0 Å². The van der Waals surface area contributed by atoms with Gasteiger partial charge in [0.15, 0.2) is 5.82 Å². The van der Waals surface area contributed by atoms with Crippen LogP contribution in [0.25, 0.3) is 103 Å². The number of hydrogen-bond donors (Lipinski definition) is 0. The zero-order chi connectivity index (χ0) is 32.8. The molecule has 0 fully saturated rings. The lowest BCUT2D eigenvalue weighted by Crippen LogP contribution is -1.98. The fraction of sp³-hybridized carbons (Fsp3) is 0. The molecule has 0 bridgehead atoms. The maximum Gasteiger partial charge on any atom is 0.160 e.